The largest absolute Gasteiger partial charge is 0.502 e. The van der Waals surface area contributed by atoms with Gasteiger partial charge < -0.3 is 9.84 Å². The van der Waals surface area contributed by atoms with E-state index in [9.17, 15) is 30.1 Å². The number of rotatable bonds is 7. The third kappa shape index (κ3) is 5.74. The highest BCUT2D eigenvalue weighted by atomic mass is 16.6. The van der Waals surface area contributed by atoms with E-state index in [2.05, 4.69) is 31.3 Å². The van der Waals surface area contributed by atoms with E-state index >= 15 is 0 Å². The molecule has 0 saturated heterocycles. The Morgan fingerprint density at radius 2 is 1.80 bits per heavy atom. The molecule has 0 aliphatic heterocycles. The number of phenols is 1. The molecule has 2 aromatic carbocycles. The normalized spacial score (nSPS) is 11.3. The molecule has 11 nitrogen and oxygen atoms in total. The molecule has 1 amide bonds. The van der Waals surface area contributed by atoms with Crippen molar-refractivity contribution in [2.24, 2.45) is 5.10 Å². The van der Waals surface area contributed by atoms with Crippen molar-refractivity contribution in [2.75, 3.05) is 6.61 Å². The zero-order valence-corrected chi connectivity index (χ0v) is 16.5. The molecule has 2 rings (SSSR count). The second-order valence-electron chi connectivity index (χ2n) is 7.27. The number of hydrogen-bond acceptors (Lipinski definition) is 8. The first-order chi connectivity index (χ1) is 14.0. The number of nitrogens with one attached hydrogen (secondary N) is 1. The molecule has 0 unspecified atom stereocenters. The maximum Gasteiger partial charge on any atom is 0.318 e. The molecule has 0 aliphatic carbocycles. The van der Waals surface area contributed by atoms with Crippen molar-refractivity contribution >= 4 is 23.5 Å². The minimum absolute atomic E-state index is 0.0161. The second kappa shape index (κ2) is 8.99. The summed E-state index contributed by atoms with van der Waals surface area (Å²) in [6, 6.07) is 8.77. The standard InChI is InChI=1S/C19H20N4O7/c1-19(2,3)13-4-6-15(7-5-13)30-11-17(24)21-20-10-12-8-14(22(26)27)9-16(18(12)25)23(28)29/h4-10,25H,11H2,1-3H3,(H,21,24). The molecular formula is C19H20N4O7. The van der Waals surface area contributed by atoms with Crippen LogP contribution in [0.1, 0.15) is 31.9 Å². The van der Waals surface area contributed by atoms with Crippen LogP contribution >= 0.6 is 0 Å². The highest BCUT2D eigenvalue weighted by Gasteiger charge is 2.23. The van der Waals surface area contributed by atoms with Crippen LogP contribution in [0.3, 0.4) is 0 Å². The van der Waals surface area contributed by atoms with Gasteiger partial charge in [-0.3, -0.25) is 25.0 Å². The lowest BCUT2D eigenvalue weighted by molar-refractivity contribution is -0.394. The number of hydrazone groups is 1. The van der Waals surface area contributed by atoms with Gasteiger partial charge in [0.15, 0.2) is 6.61 Å². The fourth-order valence-electron chi connectivity index (χ4n) is 2.37. The number of benzene rings is 2. The van der Waals surface area contributed by atoms with E-state index in [4.69, 9.17) is 4.74 Å². The average molecular weight is 416 g/mol. The van der Waals surface area contributed by atoms with Crippen LogP contribution in [-0.4, -0.2) is 33.7 Å². The highest BCUT2D eigenvalue weighted by Crippen LogP contribution is 2.33. The monoisotopic (exact) mass is 416 g/mol. The van der Waals surface area contributed by atoms with E-state index in [1.54, 1.807) is 12.1 Å². The van der Waals surface area contributed by atoms with Crippen molar-refractivity contribution in [1.82, 2.24) is 5.43 Å². The molecule has 0 aromatic heterocycles. The van der Waals surface area contributed by atoms with E-state index in [1.807, 2.05) is 12.1 Å². The Balaban J connectivity index is 2.01. The number of ether oxygens (including phenoxy) is 1. The number of phenolic OH excluding ortho intramolecular Hbond substituents is 1. The van der Waals surface area contributed by atoms with Crippen LogP contribution in [0.5, 0.6) is 11.5 Å². The van der Waals surface area contributed by atoms with Crippen LogP contribution in [0.4, 0.5) is 11.4 Å². The van der Waals surface area contributed by atoms with Gasteiger partial charge in [-0.15, -0.1) is 0 Å². The summed E-state index contributed by atoms with van der Waals surface area (Å²) in [5, 5.41) is 35.2. The van der Waals surface area contributed by atoms with Gasteiger partial charge in [0.2, 0.25) is 5.75 Å². The van der Waals surface area contributed by atoms with Gasteiger partial charge in [0.25, 0.3) is 11.6 Å². The Bertz CT molecular complexity index is 995. The molecule has 158 valence electrons. The molecule has 0 radical (unpaired) electrons. The number of nitrogens with zero attached hydrogens (tertiary/aromatic N) is 3. The SMILES string of the molecule is CC(C)(C)c1ccc(OCC(=O)NN=Cc2cc([N+](=O)[O-])cc([N+](=O)[O-])c2O)cc1. The number of non-ortho nitro benzene ring substituents is 1. The predicted octanol–water partition coefficient (Wildman–Crippen LogP) is 3.04. The van der Waals surface area contributed by atoms with Gasteiger partial charge in [-0.05, 0) is 23.1 Å². The number of hydrogen-bond donors (Lipinski definition) is 2. The van der Waals surface area contributed by atoms with Crippen molar-refractivity contribution in [3.63, 3.8) is 0 Å². The average Bonchev–Trinajstić information content (AvgIpc) is 2.66. The predicted molar refractivity (Wildman–Crippen MR) is 108 cm³/mol. The van der Waals surface area contributed by atoms with E-state index in [-0.39, 0.29) is 17.6 Å². The molecule has 0 aliphatic rings. The van der Waals surface area contributed by atoms with Crippen LogP contribution in [0.2, 0.25) is 0 Å². The lowest BCUT2D eigenvalue weighted by atomic mass is 9.87. The van der Waals surface area contributed by atoms with Crippen molar-refractivity contribution in [3.05, 3.63) is 67.8 Å². The maximum atomic E-state index is 11.8. The van der Waals surface area contributed by atoms with E-state index in [1.165, 1.54) is 0 Å². The lowest BCUT2D eigenvalue weighted by Gasteiger charge is -2.19. The molecule has 2 N–H and O–H groups in total. The first-order valence-electron chi connectivity index (χ1n) is 8.70. The van der Waals surface area contributed by atoms with Crippen LogP contribution in [0, 0.1) is 20.2 Å². The van der Waals surface area contributed by atoms with Crippen LogP contribution in [0.25, 0.3) is 0 Å². The van der Waals surface area contributed by atoms with E-state index in [0.29, 0.717) is 11.8 Å². The summed E-state index contributed by atoms with van der Waals surface area (Å²) < 4.78 is 5.35. The van der Waals surface area contributed by atoms with Crippen LogP contribution in [-0.2, 0) is 10.2 Å². The van der Waals surface area contributed by atoms with Gasteiger partial charge >= 0.3 is 5.69 Å². The number of carbonyl (C=O) groups excluding carboxylic acids is 1. The molecule has 0 atom stereocenters. The minimum Gasteiger partial charge on any atom is -0.502 e. The van der Waals surface area contributed by atoms with Crippen molar-refractivity contribution < 1.29 is 24.5 Å². The highest BCUT2D eigenvalue weighted by molar-refractivity contribution is 5.88. The number of amides is 1. The number of nitro benzene ring substituents is 2. The van der Waals surface area contributed by atoms with Gasteiger partial charge in [0.1, 0.15) is 5.75 Å². The quantitative estimate of drug-likeness (QED) is 0.399. The summed E-state index contributed by atoms with van der Waals surface area (Å²) in [6.45, 7) is 5.86. The smallest absolute Gasteiger partial charge is 0.318 e. The molecule has 0 fully saturated rings. The van der Waals surface area contributed by atoms with Gasteiger partial charge in [0, 0.05) is 6.07 Å². The lowest BCUT2D eigenvalue weighted by Crippen LogP contribution is -2.24. The zero-order chi connectivity index (χ0) is 22.5. The van der Waals surface area contributed by atoms with Gasteiger partial charge in [0.05, 0.1) is 27.7 Å². The summed E-state index contributed by atoms with van der Waals surface area (Å²) in [7, 11) is 0. The first-order valence-corrected chi connectivity index (χ1v) is 8.70. The van der Waals surface area contributed by atoms with Crippen LogP contribution in [0.15, 0.2) is 41.5 Å². The second-order valence-corrected chi connectivity index (χ2v) is 7.27. The minimum atomic E-state index is -0.961. The molecular weight excluding hydrogens is 396 g/mol. The van der Waals surface area contributed by atoms with Crippen LogP contribution < -0.4 is 10.2 Å². The molecule has 2 aromatic rings. The molecule has 0 bridgehead atoms. The Morgan fingerprint density at radius 1 is 1.17 bits per heavy atom. The first kappa shape index (κ1) is 22.3. The third-order valence-electron chi connectivity index (χ3n) is 3.99. The van der Waals surface area contributed by atoms with E-state index in [0.717, 1.165) is 17.8 Å². The fourth-order valence-corrected chi connectivity index (χ4v) is 2.37. The molecule has 0 saturated carbocycles. The maximum absolute atomic E-state index is 11.8. The van der Waals surface area contributed by atoms with Gasteiger partial charge in [-0.2, -0.15) is 5.10 Å². The summed E-state index contributed by atoms with van der Waals surface area (Å²) >= 11 is 0. The summed E-state index contributed by atoms with van der Waals surface area (Å²) in [4.78, 5) is 31.8. The Kier molecular flexibility index (Phi) is 6.67. The summed E-state index contributed by atoms with van der Waals surface area (Å²) in [6.07, 6.45) is 0.866. The van der Waals surface area contributed by atoms with E-state index < -0.39 is 32.9 Å². The Morgan fingerprint density at radius 3 is 2.33 bits per heavy atom. The zero-order valence-electron chi connectivity index (χ0n) is 16.5. The topological polar surface area (TPSA) is 157 Å². The molecule has 11 heteroatoms. The summed E-state index contributed by atoms with van der Waals surface area (Å²) in [5.74, 6) is -0.960. The summed E-state index contributed by atoms with van der Waals surface area (Å²) in [5.41, 5.74) is 1.46. The third-order valence-corrected chi connectivity index (χ3v) is 3.99. The number of carbonyl (C=O) groups is 1. The van der Waals surface area contributed by atoms with Gasteiger partial charge in [-0.1, -0.05) is 32.9 Å². The molecule has 0 heterocycles. The fraction of sp³-hybridized carbons (Fsp3) is 0.263. The van der Waals surface area contributed by atoms with Crippen molar-refractivity contribution in [2.45, 2.75) is 26.2 Å². The number of aromatic hydroxyl groups is 1. The Hall–Kier alpha value is -4.02. The van der Waals surface area contributed by atoms with Crippen molar-refractivity contribution in [3.8, 4) is 11.5 Å². The Labute approximate surface area is 171 Å². The molecule has 30 heavy (non-hydrogen) atoms. The van der Waals surface area contributed by atoms with Gasteiger partial charge in [-0.25, -0.2) is 5.43 Å². The van der Waals surface area contributed by atoms with Crippen molar-refractivity contribution in [1.29, 1.82) is 0 Å². The number of nitro groups is 2. The molecule has 0 spiro atoms.